The second-order valence-electron chi connectivity index (χ2n) is 9.23. The van der Waals surface area contributed by atoms with E-state index in [-0.39, 0.29) is 53.1 Å². The van der Waals surface area contributed by atoms with Crippen molar-refractivity contribution >= 4 is 64.3 Å². The van der Waals surface area contributed by atoms with E-state index in [1.165, 1.54) is 0 Å². The number of nitrogens with one attached hydrogen (secondary N) is 3. The maximum Gasteiger partial charge on any atom is 0.293 e. The van der Waals surface area contributed by atoms with Crippen LogP contribution in [0.25, 0.3) is 0 Å². The van der Waals surface area contributed by atoms with Crippen LogP contribution in [0.4, 0.5) is 0 Å². The molecule has 1 unspecified atom stereocenters. The first-order chi connectivity index (χ1) is 18.6. The third-order valence-corrected chi connectivity index (χ3v) is 9.00. The number of carbonyl (C=O) groups is 5. The Morgan fingerprint density at radius 2 is 1.59 bits per heavy atom. The predicted octanol–water partition coefficient (Wildman–Crippen LogP) is 0.402. The molecule has 0 bridgehead atoms. The van der Waals surface area contributed by atoms with Gasteiger partial charge in [0.15, 0.2) is 0 Å². The number of rotatable bonds is 23. The molecule has 0 aromatic heterocycles. The number of nitrogens with zero attached hydrogens (tertiary/aromatic N) is 1. The normalized spacial score (nSPS) is 15.2. The molecule has 0 saturated carbocycles. The van der Waals surface area contributed by atoms with Crippen LogP contribution in [0.15, 0.2) is 0 Å². The average molecular weight is 611 g/mol. The van der Waals surface area contributed by atoms with Crippen LogP contribution in [-0.2, 0) is 38.2 Å². The maximum absolute atomic E-state index is 11.9. The summed E-state index contributed by atoms with van der Waals surface area (Å²) >= 11 is 4.20. The molecular formula is C24H42N4O8S3. The monoisotopic (exact) mass is 610 g/mol. The van der Waals surface area contributed by atoms with Gasteiger partial charge in [0, 0.05) is 57.7 Å². The summed E-state index contributed by atoms with van der Waals surface area (Å²) in [6.45, 7) is 8.02. The van der Waals surface area contributed by atoms with Gasteiger partial charge in [-0.2, -0.15) is 12.6 Å². The van der Waals surface area contributed by atoms with Crippen molar-refractivity contribution in [2.75, 3.05) is 71.5 Å². The molecule has 1 rings (SSSR count). The Hall–Kier alpha value is -1.68. The lowest BCUT2D eigenvalue weighted by Gasteiger charge is -2.21. The number of ether oxygens (including phenoxy) is 3. The largest absolute Gasteiger partial charge is 0.466 e. The second kappa shape index (κ2) is 21.1. The van der Waals surface area contributed by atoms with Crippen LogP contribution in [-0.4, -0.2) is 117 Å². The summed E-state index contributed by atoms with van der Waals surface area (Å²) in [4.78, 5) is 59.3. The van der Waals surface area contributed by atoms with Crippen molar-refractivity contribution in [3.63, 3.8) is 0 Å². The van der Waals surface area contributed by atoms with E-state index in [9.17, 15) is 24.0 Å². The molecule has 0 radical (unpaired) electrons. The van der Waals surface area contributed by atoms with Crippen LogP contribution in [0, 0.1) is 0 Å². The van der Waals surface area contributed by atoms with Gasteiger partial charge in [-0.05, 0) is 20.3 Å². The molecule has 0 spiro atoms. The highest BCUT2D eigenvalue weighted by molar-refractivity contribution is 8.77. The van der Waals surface area contributed by atoms with Crippen molar-refractivity contribution in [2.24, 2.45) is 0 Å². The lowest BCUT2D eigenvalue weighted by Crippen LogP contribution is -2.35. The summed E-state index contributed by atoms with van der Waals surface area (Å²) in [6.07, 6.45) is 1.53. The molecule has 15 heteroatoms. The highest BCUT2D eigenvalue weighted by atomic mass is 33.1. The van der Waals surface area contributed by atoms with Crippen LogP contribution < -0.4 is 16.0 Å². The lowest BCUT2D eigenvalue weighted by molar-refractivity contribution is -0.129. The Morgan fingerprint density at radius 3 is 2.23 bits per heavy atom. The zero-order valence-corrected chi connectivity index (χ0v) is 25.3. The predicted molar refractivity (Wildman–Crippen MR) is 155 cm³/mol. The summed E-state index contributed by atoms with van der Waals surface area (Å²) in [5.74, 6) is 0.223. The van der Waals surface area contributed by atoms with Crippen LogP contribution in [0.5, 0.6) is 0 Å². The van der Waals surface area contributed by atoms with Crippen molar-refractivity contribution < 1.29 is 38.2 Å². The Bertz CT molecular complexity index is 776. The van der Waals surface area contributed by atoms with Gasteiger partial charge in [0.1, 0.15) is 6.61 Å². The number of thiol groups is 1. The smallest absolute Gasteiger partial charge is 0.293 e. The van der Waals surface area contributed by atoms with Crippen molar-refractivity contribution in [1.29, 1.82) is 0 Å². The van der Waals surface area contributed by atoms with Crippen molar-refractivity contribution in [3.8, 4) is 0 Å². The number of hydrogen-bond donors (Lipinski definition) is 4. The topological polar surface area (TPSA) is 152 Å². The molecule has 0 aromatic rings. The fourth-order valence-corrected chi connectivity index (χ4v) is 5.86. The van der Waals surface area contributed by atoms with E-state index in [0.29, 0.717) is 84.2 Å². The molecule has 224 valence electrons. The second-order valence-corrected chi connectivity index (χ2v) is 13.0. The van der Waals surface area contributed by atoms with Crippen LogP contribution >= 0.6 is 34.2 Å². The molecule has 1 aliphatic heterocycles. The first-order valence-corrected chi connectivity index (χ1v) is 15.8. The minimum absolute atomic E-state index is 0.0159. The van der Waals surface area contributed by atoms with E-state index >= 15 is 0 Å². The van der Waals surface area contributed by atoms with Crippen LogP contribution in [0.2, 0.25) is 0 Å². The molecule has 0 aliphatic carbocycles. The third-order valence-electron chi connectivity index (χ3n) is 5.26. The molecular weight excluding hydrogens is 568 g/mol. The van der Waals surface area contributed by atoms with E-state index in [1.807, 2.05) is 13.8 Å². The summed E-state index contributed by atoms with van der Waals surface area (Å²) in [5, 5.41) is 7.98. The van der Waals surface area contributed by atoms with Gasteiger partial charge < -0.3 is 35.1 Å². The third kappa shape index (κ3) is 18.3. The van der Waals surface area contributed by atoms with Crippen molar-refractivity contribution in [3.05, 3.63) is 0 Å². The van der Waals surface area contributed by atoms with Crippen molar-refractivity contribution in [1.82, 2.24) is 20.9 Å². The minimum Gasteiger partial charge on any atom is -0.466 e. The minimum atomic E-state index is -0.251. The Morgan fingerprint density at radius 1 is 0.974 bits per heavy atom. The molecule has 12 nitrogen and oxygen atoms in total. The SMILES string of the molecule is CC(C)(COC=O)SSCCC(=O)NCCNC(=O)CCOCCOCCNC(=O)CCN1CCC(S)C1=O. The van der Waals surface area contributed by atoms with E-state index in [0.717, 1.165) is 0 Å². The first kappa shape index (κ1) is 35.3. The fourth-order valence-electron chi connectivity index (χ4n) is 3.19. The van der Waals surface area contributed by atoms with E-state index < -0.39 is 0 Å². The lowest BCUT2D eigenvalue weighted by atomic mass is 10.2. The number of amides is 4. The van der Waals surface area contributed by atoms with Gasteiger partial charge >= 0.3 is 0 Å². The molecule has 0 aromatic carbocycles. The standard InChI is InChI=1S/C24H42N4O8S3/c1-24(2,17-36-18-29)39-38-16-6-22(32)26-8-7-25-21(31)5-12-34-14-15-35-13-9-27-20(30)4-11-28-10-3-19(37)23(28)33/h18-19,37H,3-17H2,1-2H3,(H,25,31)(H,26,32)(H,27,30). The number of likely N-dealkylation sites (tertiary alicyclic amines) is 1. The maximum atomic E-state index is 11.9. The van der Waals surface area contributed by atoms with Crippen LogP contribution in [0.3, 0.4) is 0 Å². The fraction of sp³-hybridized carbons (Fsp3) is 0.792. The highest BCUT2D eigenvalue weighted by Gasteiger charge is 2.28. The average Bonchev–Trinajstić information content (AvgIpc) is 3.22. The zero-order chi connectivity index (χ0) is 28.9. The van der Waals surface area contributed by atoms with Gasteiger partial charge in [-0.3, -0.25) is 24.0 Å². The number of hydrogen-bond acceptors (Lipinski definition) is 11. The summed E-state index contributed by atoms with van der Waals surface area (Å²) in [6, 6.07) is 0. The van der Waals surface area contributed by atoms with E-state index in [2.05, 4.69) is 28.6 Å². The van der Waals surface area contributed by atoms with Gasteiger partial charge in [-0.1, -0.05) is 21.6 Å². The Labute approximate surface area is 243 Å². The molecule has 1 saturated heterocycles. The van der Waals surface area contributed by atoms with E-state index in [1.54, 1.807) is 26.5 Å². The molecule has 1 heterocycles. The molecule has 3 N–H and O–H groups in total. The summed E-state index contributed by atoms with van der Waals surface area (Å²) < 4.78 is 15.3. The Kier molecular flexibility index (Phi) is 19.1. The van der Waals surface area contributed by atoms with Gasteiger partial charge in [-0.25, -0.2) is 0 Å². The van der Waals surface area contributed by atoms with Gasteiger partial charge in [-0.15, -0.1) is 0 Å². The van der Waals surface area contributed by atoms with E-state index in [4.69, 9.17) is 14.2 Å². The molecule has 1 fully saturated rings. The first-order valence-electron chi connectivity index (χ1n) is 12.9. The van der Waals surface area contributed by atoms with Crippen molar-refractivity contribution in [2.45, 2.75) is 49.5 Å². The quantitative estimate of drug-likeness (QED) is 0.0554. The highest BCUT2D eigenvalue weighted by Crippen LogP contribution is 2.35. The van der Waals surface area contributed by atoms with Gasteiger partial charge in [0.25, 0.3) is 6.47 Å². The zero-order valence-electron chi connectivity index (χ0n) is 22.7. The summed E-state index contributed by atoms with van der Waals surface area (Å²) in [5.41, 5.74) is 0. The van der Waals surface area contributed by atoms with Crippen LogP contribution in [0.1, 0.15) is 39.5 Å². The Balaban J connectivity index is 1.87. The van der Waals surface area contributed by atoms with Gasteiger partial charge in [0.05, 0.1) is 36.4 Å². The van der Waals surface area contributed by atoms with Gasteiger partial charge in [0.2, 0.25) is 23.6 Å². The molecule has 4 amide bonds. The molecule has 39 heavy (non-hydrogen) atoms. The molecule has 1 atom stereocenters. The summed E-state index contributed by atoms with van der Waals surface area (Å²) in [7, 11) is 3.11. The molecule has 1 aliphatic rings. The number of carbonyl (C=O) groups excluding carboxylic acids is 5.